The first-order chi connectivity index (χ1) is 16.3. The van der Waals surface area contributed by atoms with E-state index in [-0.39, 0.29) is 18.8 Å². The molecule has 2 aromatic rings. The molecule has 34 heavy (non-hydrogen) atoms. The van der Waals surface area contributed by atoms with Gasteiger partial charge in [0, 0.05) is 5.70 Å². The van der Waals surface area contributed by atoms with Crippen molar-refractivity contribution in [2.24, 2.45) is 5.10 Å². The third-order valence-electron chi connectivity index (χ3n) is 4.62. The molecule has 1 aliphatic rings. The highest BCUT2D eigenvalue weighted by Gasteiger charge is 2.32. The Kier molecular flexibility index (Phi) is 8.30. The summed E-state index contributed by atoms with van der Waals surface area (Å²) in [5.41, 5.74) is 3.57. The van der Waals surface area contributed by atoms with E-state index in [9.17, 15) is 14.4 Å². The summed E-state index contributed by atoms with van der Waals surface area (Å²) in [6.07, 6.45) is 1.35. The minimum absolute atomic E-state index is 0.192. The lowest BCUT2D eigenvalue weighted by Gasteiger charge is -2.28. The fourth-order valence-electron chi connectivity index (χ4n) is 3.15. The maximum Gasteiger partial charge on any atom is 0.338 e. The molecule has 0 spiro atoms. The van der Waals surface area contributed by atoms with Crippen molar-refractivity contribution in [3.8, 4) is 11.5 Å². The van der Waals surface area contributed by atoms with Crippen LogP contribution < -0.4 is 25.5 Å². The molecule has 3 amide bonds. The first-order valence-electron chi connectivity index (χ1n) is 10.2. The molecule has 1 aliphatic heterocycles. The third-order valence-corrected chi connectivity index (χ3v) is 5.05. The number of hydrogen-bond acceptors (Lipinski definition) is 8. The standard InChI is InChI=1S/C22H23BrN4O7/c1-4-32-21(29)19-12(2)25-22(30)26-20(19)13-5-7-15(16(9-13)31-3)33-11-18(28)27-24-10-14-6-8-17(23)34-14/h5-10,20H,4,11H2,1-3H3,(H,27,28)(H2,25,26,30)/b24-10-/t20-/m0/s1. The molecule has 12 heteroatoms. The van der Waals surface area contributed by atoms with Gasteiger partial charge in [0.1, 0.15) is 5.76 Å². The molecule has 0 unspecified atom stereocenters. The predicted molar refractivity (Wildman–Crippen MR) is 124 cm³/mol. The number of halogens is 1. The number of rotatable bonds is 9. The first-order valence-corrected chi connectivity index (χ1v) is 10.9. The second-order valence-corrected chi connectivity index (χ2v) is 7.71. The monoisotopic (exact) mass is 534 g/mol. The largest absolute Gasteiger partial charge is 0.493 e. The smallest absolute Gasteiger partial charge is 0.338 e. The first kappa shape index (κ1) is 24.8. The average Bonchev–Trinajstić information content (AvgIpc) is 3.22. The molecule has 2 heterocycles. The summed E-state index contributed by atoms with van der Waals surface area (Å²) in [5.74, 6) is 0.0152. The SMILES string of the molecule is CCOC(=O)C1=C(C)NC(=O)N[C@H]1c1ccc(OCC(=O)N/N=C\c2ccc(Br)o2)c(OC)c1. The Bertz CT molecular complexity index is 1140. The Hall–Kier alpha value is -3.80. The van der Waals surface area contributed by atoms with Crippen LogP contribution in [0, 0.1) is 0 Å². The molecule has 11 nitrogen and oxygen atoms in total. The maximum atomic E-state index is 12.5. The molecular weight excluding hydrogens is 512 g/mol. The van der Waals surface area contributed by atoms with E-state index in [2.05, 4.69) is 37.1 Å². The van der Waals surface area contributed by atoms with Crippen molar-refractivity contribution < 1.29 is 33.0 Å². The van der Waals surface area contributed by atoms with E-state index in [1.165, 1.54) is 13.3 Å². The van der Waals surface area contributed by atoms with Crippen molar-refractivity contribution in [3.05, 3.63) is 57.6 Å². The number of hydrogen-bond donors (Lipinski definition) is 3. The van der Waals surface area contributed by atoms with Gasteiger partial charge in [-0.2, -0.15) is 5.10 Å². The van der Waals surface area contributed by atoms with Crippen LogP contribution in [-0.4, -0.2) is 44.4 Å². The number of furan rings is 1. The van der Waals surface area contributed by atoms with Crippen molar-refractivity contribution in [3.63, 3.8) is 0 Å². The van der Waals surface area contributed by atoms with Gasteiger partial charge >= 0.3 is 12.0 Å². The molecule has 0 radical (unpaired) electrons. The maximum absolute atomic E-state index is 12.5. The van der Waals surface area contributed by atoms with Crippen molar-refractivity contribution in [1.82, 2.24) is 16.1 Å². The number of benzene rings is 1. The zero-order valence-electron chi connectivity index (χ0n) is 18.6. The summed E-state index contributed by atoms with van der Waals surface area (Å²) in [5, 5.41) is 9.09. The van der Waals surface area contributed by atoms with Gasteiger partial charge in [-0.05, 0) is 59.6 Å². The van der Waals surface area contributed by atoms with E-state index in [0.29, 0.717) is 33.2 Å². The van der Waals surface area contributed by atoms with Gasteiger partial charge in [0.25, 0.3) is 5.91 Å². The zero-order valence-corrected chi connectivity index (χ0v) is 20.2. The highest BCUT2D eigenvalue weighted by molar-refractivity contribution is 9.10. The molecular formula is C22H23BrN4O7. The number of amides is 3. The summed E-state index contributed by atoms with van der Waals surface area (Å²) in [6.45, 7) is 3.19. The Labute approximate surface area is 203 Å². The van der Waals surface area contributed by atoms with Crippen LogP contribution in [0.1, 0.15) is 31.2 Å². The van der Waals surface area contributed by atoms with E-state index < -0.39 is 23.9 Å². The van der Waals surface area contributed by atoms with E-state index in [1.54, 1.807) is 44.2 Å². The Morgan fingerprint density at radius 2 is 2.06 bits per heavy atom. The molecule has 3 rings (SSSR count). The highest BCUT2D eigenvalue weighted by Crippen LogP contribution is 2.34. The topological polar surface area (TPSA) is 140 Å². The molecule has 1 atom stereocenters. The number of carbonyl (C=O) groups is 3. The molecule has 1 aromatic carbocycles. The number of nitrogens with one attached hydrogen (secondary N) is 3. The molecule has 0 saturated heterocycles. The molecule has 0 bridgehead atoms. The van der Waals surface area contributed by atoms with Gasteiger partial charge < -0.3 is 29.3 Å². The van der Waals surface area contributed by atoms with Gasteiger partial charge in [0.05, 0.1) is 31.5 Å². The number of esters is 1. The van der Waals surface area contributed by atoms with Gasteiger partial charge in [-0.3, -0.25) is 4.79 Å². The summed E-state index contributed by atoms with van der Waals surface area (Å²) in [6, 6.07) is 7.03. The lowest BCUT2D eigenvalue weighted by molar-refractivity contribution is -0.139. The van der Waals surface area contributed by atoms with Crippen molar-refractivity contribution in [2.45, 2.75) is 19.9 Å². The second-order valence-electron chi connectivity index (χ2n) is 6.92. The van der Waals surface area contributed by atoms with E-state index in [0.717, 1.165) is 0 Å². The Morgan fingerprint density at radius 1 is 1.26 bits per heavy atom. The van der Waals surface area contributed by atoms with E-state index >= 15 is 0 Å². The number of allylic oxidation sites excluding steroid dienone is 1. The second kappa shape index (κ2) is 11.4. The van der Waals surface area contributed by atoms with Gasteiger partial charge in [0.2, 0.25) is 0 Å². The zero-order chi connectivity index (χ0) is 24.7. The van der Waals surface area contributed by atoms with Gasteiger partial charge in [-0.1, -0.05) is 6.07 Å². The summed E-state index contributed by atoms with van der Waals surface area (Å²) in [7, 11) is 1.44. The van der Waals surface area contributed by atoms with Crippen LogP contribution in [0.3, 0.4) is 0 Å². The summed E-state index contributed by atoms with van der Waals surface area (Å²) >= 11 is 3.17. The number of ether oxygens (including phenoxy) is 3. The minimum atomic E-state index is -0.755. The predicted octanol–water partition coefficient (Wildman–Crippen LogP) is 2.77. The molecule has 0 saturated carbocycles. The van der Waals surface area contributed by atoms with Crippen LogP contribution in [-0.2, 0) is 14.3 Å². The van der Waals surface area contributed by atoms with Crippen LogP contribution in [0.15, 0.2) is 55.8 Å². The number of methoxy groups -OCH3 is 1. The fourth-order valence-corrected chi connectivity index (χ4v) is 3.47. The van der Waals surface area contributed by atoms with E-state index in [1.807, 2.05) is 0 Å². The van der Waals surface area contributed by atoms with Crippen LogP contribution in [0.5, 0.6) is 11.5 Å². The van der Waals surface area contributed by atoms with Crippen LogP contribution >= 0.6 is 15.9 Å². The molecule has 1 aromatic heterocycles. The lowest BCUT2D eigenvalue weighted by Crippen LogP contribution is -2.45. The Balaban J connectivity index is 1.70. The fraction of sp³-hybridized carbons (Fsp3) is 0.273. The minimum Gasteiger partial charge on any atom is -0.493 e. The molecule has 180 valence electrons. The summed E-state index contributed by atoms with van der Waals surface area (Å²) in [4.78, 5) is 36.6. The molecule has 0 fully saturated rings. The van der Waals surface area contributed by atoms with Gasteiger partial charge in [-0.15, -0.1) is 0 Å². The molecule has 3 N–H and O–H groups in total. The van der Waals surface area contributed by atoms with Crippen molar-refractivity contribution in [2.75, 3.05) is 20.3 Å². The number of hydrazone groups is 1. The van der Waals surface area contributed by atoms with Crippen LogP contribution in [0.2, 0.25) is 0 Å². The van der Waals surface area contributed by atoms with Gasteiger partial charge in [0.15, 0.2) is 22.8 Å². The number of carbonyl (C=O) groups excluding carboxylic acids is 3. The highest BCUT2D eigenvalue weighted by atomic mass is 79.9. The third kappa shape index (κ3) is 6.16. The van der Waals surface area contributed by atoms with Gasteiger partial charge in [-0.25, -0.2) is 15.0 Å². The quantitative estimate of drug-likeness (QED) is 0.255. The number of nitrogens with zero attached hydrogens (tertiary/aromatic N) is 1. The average molecular weight is 535 g/mol. The van der Waals surface area contributed by atoms with Crippen molar-refractivity contribution in [1.29, 1.82) is 0 Å². The normalized spacial score (nSPS) is 15.5. The summed E-state index contributed by atoms with van der Waals surface area (Å²) < 4.78 is 21.9. The van der Waals surface area contributed by atoms with E-state index in [4.69, 9.17) is 18.6 Å². The van der Waals surface area contributed by atoms with Crippen LogP contribution in [0.4, 0.5) is 4.79 Å². The number of urea groups is 1. The Morgan fingerprint density at radius 3 is 2.74 bits per heavy atom. The lowest BCUT2D eigenvalue weighted by atomic mass is 9.95. The van der Waals surface area contributed by atoms with Crippen molar-refractivity contribution >= 4 is 40.1 Å². The van der Waals surface area contributed by atoms with Crippen LogP contribution in [0.25, 0.3) is 0 Å². The molecule has 0 aliphatic carbocycles.